The molecule has 0 radical (unpaired) electrons. The molecule has 0 amide bonds. The highest BCUT2D eigenvalue weighted by molar-refractivity contribution is 6.30. The Morgan fingerprint density at radius 1 is 1.32 bits per heavy atom. The Hall–Kier alpha value is -1.39. The van der Waals surface area contributed by atoms with E-state index >= 15 is 0 Å². The van der Waals surface area contributed by atoms with Crippen molar-refractivity contribution in [2.24, 2.45) is 0 Å². The Labute approximate surface area is 118 Å². The van der Waals surface area contributed by atoms with Gasteiger partial charge in [-0.2, -0.15) is 4.98 Å². The lowest BCUT2D eigenvalue weighted by molar-refractivity contribution is 0.356. The maximum atomic E-state index is 5.87. The normalized spacial score (nSPS) is 12.6. The number of nitrogens with one attached hydrogen (secondary N) is 1. The van der Waals surface area contributed by atoms with Crippen molar-refractivity contribution in [3.8, 4) is 0 Å². The third-order valence-corrected chi connectivity index (χ3v) is 3.17. The Balaban J connectivity index is 1.88. The molecule has 0 bridgehead atoms. The predicted octanol–water partition coefficient (Wildman–Crippen LogP) is 3.53. The van der Waals surface area contributed by atoms with Crippen molar-refractivity contribution in [3.63, 3.8) is 0 Å². The molecule has 0 saturated heterocycles. The number of aryl methyl sites for hydroxylation is 1. The molecule has 1 N–H and O–H groups in total. The van der Waals surface area contributed by atoms with Gasteiger partial charge in [-0.05, 0) is 31.0 Å². The van der Waals surface area contributed by atoms with Crippen molar-refractivity contribution >= 4 is 11.6 Å². The second-order valence-electron chi connectivity index (χ2n) is 4.51. The first-order valence-electron chi connectivity index (χ1n) is 6.49. The van der Waals surface area contributed by atoms with Crippen molar-refractivity contribution in [1.82, 2.24) is 15.5 Å². The minimum atomic E-state index is 0.207. The average molecular weight is 280 g/mol. The number of benzene rings is 1. The van der Waals surface area contributed by atoms with E-state index in [1.807, 2.05) is 24.3 Å². The Morgan fingerprint density at radius 3 is 2.74 bits per heavy atom. The maximum Gasteiger partial charge on any atom is 0.240 e. The summed E-state index contributed by atoms with van der Waals surface area (Å²) < 4.78 is 5.18. The van der Waals surface area contributed by atoms with Gasteiger partial charge in [0.15, 0.2) is 5.82 Å². The summed E-state index contributed by atoms with van der Waals surface area (Å²) >= 11 is 5.87. The highest BCUT2D eigenvalue weighted by Gasteiger charge is 2.09. The summed E-state index contributed by atoms with van der Waals surface area (Å²) in [6.07, 6.45) is 1.88. The maximum absolute atomic E-state index is 5.87. The lowest BCUT2D eigenvalue weighted by Gasteiger charge is -2.12. The number of hydrogen-bond acceptors (Lipinski definition) is 4. The lowest BCUT2D eigenvalue weighted by atomic mass is 10.1. The van der Waals surface area contributed by atoms with Gasteiger partial charge in [-0.15, -0.1) is 0 Å². The van der Waals surface area contributed by atoms with Crippen LogP contribution >= 0.6 is 11.6 Å². The van der Waals surface area contributed by atoms with Crippen LogP contribution in [0.15, 0.2) is 28.8 Å². The molecule has 0 aliphatic rings. The number of hydrogen-bond donors (Lipinski definition) is 1. The molecule has 0 unspecified atom stereocenters. The van der Waals surface area contributed by atoms with Crippen LogP contribution in [0.25, 0.3) is 0 Å². The van der Waals surface area contributed by atoms with Crippen LogP contribution in [-0.4, -0.2) is 10.1 Å². The quantitative estimate of drug-likeness (QED) is 0.879. The van der Waals surface area contributed by atoms with E-state index in [4.69, 9.17) is 16.1 Å². The monoisotopic (exact) mass is 279 g/mol. The summed E-state index contributed by atoms with van der Waals surface area (Å²) in [7, 11) is 0. The van der Waals surface area contributed by atoms with Gasteiger partial charge in [0, 0.05) is 17.5 Å². The standard InChI is InChI=1S/C14H18ClN3O/c1-3-4-13-17-14(19-18-13)9-16-10(2)11-5-7-12(15)8-6-11/h5-8,10,16H,3-4,9H2,1-2H3/t10-/m0/s1. The number of rotatable bonds is 6. The van der Waals surface area contributed by atoms with E-state index in [-0.39, 0.29) is 6.04 Å². The molecule has 102 valence electrons. The van der Waals surface area contributed by atoms with E-state index in [0.717, 1.165) is 23.7 Å². The summed E-state index contributed by atoms with van der Waals surface area (Å²) in [5, 5.41) is 8.02. The molecule has 0 saturated carbocycles. The van der Waals surface area contributed by atoms with Crippen molar-refractivity contribution in [1.29, 1.82) is 0 Å². The second-order valence-corrected chi connectivity index (χ2v) is 4.94. The summed E-state index contributed by atoms with van der Waals surface area (Å²) in [4.78, 5) is 4.32. The first-order valence-corrected chi connectivity index (χ1v) is 6.87. The SMILES string of the molecule is CCCc1noc(CN[C@@H](C)c2ccc(Cl)cc2)n1. The molecule has 0 aliphatic heterocycles. The summed E-state index contributed by atoms with van der Waals surface area (Å²) in [6, 6.07) is 8.01. The third kappa shape index (κ3) is 4.04. The van der Waals surface area contributed by atoms with Crippen LogP contribution in [0.3, 0.4) is 0 Å². The number of nitrogens with zero attached hydrogens (tertiary/aromatic N) is 2. The molecule has 1 aromatic carbocycles. The first-order chi connectivity index (χ1) is 9.19. The predicted molar refractivity (Wildman–Crippen MR) is 75.0 cm³/mol. The zero-order valence-electron chi connectivity index (χ0n) is 11.2. The van der Waals surface area contributed by atoms with Gasteiger partial charge >= 0.3 is 0 Å². The van der Waals surface area contributed by atoms with Crippen LogP contribution < -0.4 is 5.32 Å². The third-order valence-electron chi connectivity index (χ3n) is 2.91. The van der Waals surface area contributed by atoms with Gasteiger partial charge in [-0.1, -0.05) is 35.8 Å². The van der Waals surface area contributed by atoms with E-state index in [1.54, 1.807) is 0 Å². The van der Waals surface area contributed by atoms with Crippen LogP contribution in [0.5, 0.6) is 0 Å². The van der Waals surface area contributed by atoms with Gasteiger partial charge in [0.2, 0.25) is 5.89 Å². The molecule has 0 spiro atoms. The fourth-order valence-corrected chi connectivity index (χ4v) is 1.92. The molecular formula is C14H18ClN3O. The van der Waals surface area contributed by atoms with E-state index in [0.29, 0.717) is 12.4 Å². The van der Waals surface area contributed by atoms with Crippen LogP contribution in [-0.2, 0) is 13.0 Å². The Kier molecular flexibility index (Phi) is 4.93. The van der Waals surface area contributed by atoms with Gasteiger partial charge in [0.25, 0.3) is 0 Å². The molecule has 0 aliphatic carbocycles. The van der Waals surface area contributed by atoms with E-state index in [2.05, 4.69) is 29.3 Å². The van der Waals surface area contributed by atoms with Crippen LogP contribution in [0.1, 0.15) is 43.6 Å². The average Bonchev–Trinajstić information content (AvgIpc) is 2.85. The minimum absolute atomic E-state index is 0.207. The highest BCUT2D eigenvalue weighted by atomic mass is 35.5. The van der Waals surface area contributed by atoms with E-state index in [1.165, 1.54) is 5.56 Å². The van der Waals surface area contributed by atoms with E-state index in [9.17, 15) is 0 Å². The molecule has 2 aromatic rings. The van der Waals surface area contributed by atoms with Crippen molar-refractivity contribution in [2.45, 2.75) is 39.3 Å². The molecule has 5 heteroatoms. The van der Waals surface area contributed by atoms with Gasteiger partial charge in [-0.3, -0.25) is 0 Å². The van der Waals surface area contributed by atoms with Gasteiger partial charge in [0.05, 0.1) is 6.54 Å². The molecule has 2 rings (SSSR count). The first kappa shape index (κ1) is 14.0. The molecule has 1 aromatic heterocycles. The zero-order chi connectivity index (χ0) is 13.7. The second kappa shape index (κ2) is 6.68. The largest absolute Gasteiger partial charge is 0.338 e. The number of aromatic nitrogens is 2. The number of halogens is 1. The van der Waals surface area contributed by atoms with Gasteiger partial charge in [0.1, 0.15) is 0 Å². The summed E-state index contributed by atoms with van der Waals surface area (Å²) in [6.45, 7) is 4.75. The minimum Gasteiger partial charge on any atom is -0.338 e. The topological polar surface area (TPSA) is 51.0 Å². The smallest absolute Gasteiger partial charge is 0.240 e. The van der Waals surface area contributed by atoms with Crippen LogP contribution in [0, 0.1) is 0 Å². The van der Waals surface area contributed by atoms with Crippen LogP contribution in [0.4, 0.5) is 0 Å². The summed E-state index contributed by atoms with van der Waals surface area (Å²) in [5.74, 6) is 1.41. The van der Waals surface area contributed by atoms with Crippen molar-refractivity contribution < 1.29 is 4.52 Å². The Morgan fingerprint density at radius 2 is 2.05 bits per heavy atom. The zero-order valence-corrected chi connectivity index (χ0v) is 11.9. The highest BCUT2D eigenvalue weighted by Crippen LogP contribution is 2.16. The van der Waals surface area contributed by atoms with Crippen molar-refractivity contribution in [2.75, 3.05) is 0 Å². The lowest BCUT2D eigenvalue weighted by Crippen LogP contribution is -2.18. The molecule has 19 heavy (non-hydrogen) atoms. The van der Waals surface area contributed by atoms with Crippen LogP contribution in [0.2, 0.25) is 5.02 Å². The fraction of sp³-hybridized carbons (Fsp3) is 0.429. The van der Waals surface area contributed by atoms with Gasteiger partial charge in [-0.25, -0.2) is 0 Å². The molecule has 1 heterocycles. The van der Waals surface area contributed by atoms with Crippen molar-refractivity contribution in [3.05, 3.63) is 46.6 Å². The fourth-order valence-electron chi connectivity index (χ4n) is 1.80. The Bertz CT molecular complexity index is 510. The van der Waals surface area contributed by atoms with Gasteiger partial charge < -0.3 is 9.84 Å². The van der Waals surface area contributed by atoms with E-state index < -0.39 is 0 Å². The summed E-state index contributed by atoms with van der Waals surface area (Å²) in [5.41, 5.74) is 1.18. The molecule has 0 fully saturated rings. The molecule has 1 atom stereocenters. The molecular weight excluding hydrogens is 262 g/mol. The molecule has 4 nitrogen and oxygen atoms in total.